The van der Waals surface area contributed by atoms with E-state index in [1.807, 2.05) is 0 Å². The summed E-state index contributed by atoms with van der Waals surface area (Å²) in [7, 11) is 0. The summed E-state index contributed by atoms with van der Waals surface area (Å²) in [5.74, 6) is -2.16. The molecule has 8 nitrogen and oxygen atoms in total. The molecule has 0 saturated heterocycles. The van der Waals surface area contributed by atoms with Gasteiger partial charge in [0.1, 0.15) is 23.6 Å². The predicted molar refractivity (Wildman–Crippen MR) is 159 cm³/mol. The number of hydrogen-bond acceptors (Lipinski definition) is 6. The average Bonchev–Trinajstić information content (AvgIpc) is 2.95. The van der Waals surface area contributed by atoms with Crippen LogP contribution in [0.2, 0.25) is 0 Å². The number of rotatable bonds is 9. The van der Waals surface area contributed by atoms with Gasteiger partial charge in [-0.2, -0.15) is 0 Å². The minimum atomic E-state index is -1.07. The van der Waals surface area contributed by atoms with Gasteiger partial charge in [-0.25, -0.2) is 9.59 Å². The molecule has 0 bridgehead atoms. The summed E-state index contributed by atoms with van der Waals surface area (Å²) in [5.41, 5.74) is 2.32. The van der Waals surface area contributed by atoms with Gasteiger partial charge in [-0.3, -0.25) is 9.98 Å². The Morgan fingerprint density at radius 2 is 0.950 bits per heavy atom. The van der Waals surface area contributed by atoms with Crippen LogP contribution in [0.3, 0.4) is 0 Å². The van der Waals surface area contributed by atoms with E-state index in [0.717, 1.165) is 0 Å². The molecule has 202 valence electrons. The fourth-order valence-corrected chi connectivity index (χ4v) is 4.70. The number of aliphatic imine (C=N–C) groups is 2. The first kappa shape index (κ1) is 28.7. The number of phenols is 2. The standard InChI is InChI=1S/C30H22Br2N2O6/c31-23-5-1-3-21(27(23)35)15-33-25(17-7-11-19(12-8-17)29(37)38)26(18-9-13-20(14-10-18)30(39)40)34-16-22-4-2-6-24(32)28(22)36/h1-16,25-26,35-36H,(H,37,38)(H,39,40)/t25-,26-/m0/s1. The van der Waals surface area contributed by atoms with Crippen LogP contribution in [0.4, 0.5) is 0 Å². The second-order valence-electron chi connectivity index (χ2n) is 8.66. The van der Waals surface area contributed by atoms with E-state index in [0.29, 0.717) is 31.2 Å². The Labute approximate surface area is 246 Å². The second kappa shape index (κ2) is 12.7. The smallest absolute Gasteiger partial charge is 0.335 e. The van der Waals surface area contributed by atoms with Gasteiger partial charge in [0.15, 0.2) is 0 Å². The van der Waals surface area contributed by atoms with E-state index in [2.05, 4.69) is 31.9 Å². The Kier molecular flexibility index (Phi) is 9.13. The van der Waals surface area contributed by atoms with Gasteiger partial charge in [0.05, 0.1) is 20.1 Å². The number of carboxylic acids is 2. The lowest BCUT2D eigenvalue weighted by molar-refractivity contribution is 0.0686. The molecule has 0 aromatic heterocycles. The van der Waals surface area contributed by atoms with Crippen LogP contribution in [-0.2, 0) is 0 Å². The number of halogens is 2. The Morgan fingerprint density at radius 1 is 0.600 bits per heavy atom. The maximum atomic E-state index is 11.5. The van der Waals surface area contributed by atoms with Gasteiger partial charge < -0.3 is 20.4 Å². The SMILES string of the molecule is O=C(O)c1ccc([C@H](N=Cc2cccc(Br)c2O)[C@@H](N=Cc2cccc(Br)c2O)c2ccc(C(=O)O)cc2)cc1. The summed E-state index contributed by atoms with van der Waals surface area (Å²) < 4.78 is 0.977. The van der Waals surface area contributed by atoms with Gasteiger partial charge in [0.2, 0.25) is 0 Å². The largest absolute Gasteiger partial charge is 0.506 e. The molecule has 0 amide bonds. The van der Waals surface area contributed by atoms with E-state index in [1.165, 1.54) is 36.7 Å². The Balaban J connectivity index is 1.88. The fraction of sp³-hybridized carbons (Fsp3) is 0.0667. The molecule has 4 rings (SSSR count). The molecule has 4 N–H and O–H groups in total. The van der Waals surface area contributed by atoms with Crippen LogP contribution in [0.25, 0.3) is 0 Å². The third-order valence-corrected chi connectivity index (χ3v) is 7.36. The van der Waals surface area contributed by atoms with Crippen molar-refractivity contribution in [3.8, 4) is 11.5 Å². The molecule has 40 heavy (non-hydrogen) atoms. The van der Waals surface area contributed by atoms with Crippen LogP contribution in [0.5, 0.6) is 11.5 Å². The number of nitrogens with zero attached hydrogens (tertiary/aromatic N) is 2. The van der Waals surface area contributed by atoms with Gasteiger partial charge in [0.25, 0.3) is 0 Å². The molecule has 0 unspecified atom stereocenters. The molecule has 0 aliphatic carbocycles. The maximum Gasteiger partial charge on any atom is 0.335 e. The van der Waals surface area contributed by atoms with Crippen molar-refractivity contribution in [1.29, 1.82) is 0 Å². The molecule has 0 heterocycles. The van der Waals surface area contributed by atoms with Crippen LogP contribution in [0.15, 0.2) is 104 Å². The average molecular weight is 666 g/mol. The summed E-state index contributed by atoms with van der Waals surface area (Å²) in [5, 5.41) is 39.8. The van der Waals surface area contributed by atoms with E-state index >= 15 is 0 Å². The van der Waals surface area contributed by atoms with E-state index in [-0.39, 0.29) is 22.6 Å². The quantitative estimate of drug-likeness (QED) is 0.141. The Bertz CT molecular complexity index is 1480. The number of aromatic carboxylic acids is 2. The van der Waals surface area contributed by atoms with E-state index in [1.54, 1.807) is 60.7 Å². The molecule has 0 fully saturated rings. The number of benzene rings is 4. The van der Waals surface area contributed by atoms with E-state index in [4.69, 9.17) is 9.98 Å². The number of para-hydroxylation sites is 2. The first-order chi connectivity index (χ1) is 19.2. The molecular weight excluding hydrogens is 644 g/mol. The van der Waals surface area contributed by atoms with Crippen molar-refractivity contribution >= 4 is 56.2 Å². The van der Waals surface area contributed by atoms with Crippen LogP contribution in [0, 0.1) is 0 Å². The summed E-state index contributed by atoms with van der Waals surface area (Å²) in [6, 6.07) is 21.2. The lowest BCUT2D eigenvalue weighted by atomic mass is 9.92. The van der Waals surface area contributed by atoms with Crippen molar-refractivity contribution in [1.82, 2.24) is 0 Å². The first-order valence-corrected chi connectivity index (χ1v) is 13.4. The van der Waals surface area contributed by atoms with Crippen molar-refractivity contribution < 1.29 is 30.0 Å². The lowest BCUT2D eigenvalue weighted by Gasteiger charge is -2.22. The zero-order chi connectivity index (χ0) is 28.8. The lowest BCUT2D eigenvalue weighted by Crippen LogP contribution is -2.10. The molecule has 2 atom stereocenters. The Hall–Kier alpha value is -4.28. The molecule has 0 radical (unpaired) electrons. The zero-order valence-corrected chi connectivity index (χ0v) is 23.8. The third kappa shape index (κ3) is 6.64. The molecular formula is C30H22Br2N2O6. The highest BCUT2D eigenvalue weighted by Crippen LogP contribution is 2.37. The molecule has 0 spiro atoms. The van der Waals surface area contributed by atoms with Gasteiger partial charge in [0, 0.05) is 23.6 Å². The summed E-state index contributed by atoms with van der Waals surface area (Å²) in [6.45, 7) is 0. The molecule has 4 aromatic rings. The molecule has 0 aliphatic heterocycles. The highest BCUT2D eigenvalue weighted by Gasteiger charge is 2.25. The number of phenolic OH excluding ortho intramolecular Hbond substituents is 2. The fourth-order valence-electron chi connectivity index (χ4n) is 3.94. The second-order valence-corrected chi connectivity index (χ2v) is 10.4. The van der Waals surface area contributed by atoms with Crippen molar-refractivity contribution in [2.24, 2.45) is 9.98 Å². The van der Waals surface area contributed by atoms with Gasteiger partial charge >= 0.3 is 11.9 Å². The van der Waals surface area contributed by atoms with Crippen molar-refractivity contribution in [2.75, 3.05) is 0 Å². The maximum absolute atomic E-state index is 11.5. The van der Waals surface area contributed by atoms with Crippen LogP contribution >= 0.6 is 31.9 Å². The molecule has 10 heteroatoms. The van der Waals surface area contributed by atoms with Crippen molar-refractivity contribution in [3.63, 3.8) is 0 Å². The van der Waals surface area contributed by atoms with Gasteiger partial charge in [-0.1, -0.05) is 36.4 Å². The van der Waals surface area contributed by atoms with Crippen LogP contribution < -0.4 is 0 Å². The number of carboxylic acid groups (broad SMARTS) is 2. The normalized spacial score (nSPS) is 12.9. The highest BCUT2D eigenvalue weighted by molar-refractivity contribution is 9.10. The van der Waals surface area contributed by atoms with Crippen molar-refractivity contribution in [2.45, 2.75) is 12.1 Å². The summed E-state index contributed by atoms with van der Waals surface area (Å²) >= 11 is 6.60. The zero-order valence-electron chi connectivity index (χ0n) is 20.6. The Morgan fingerprint density at radius 3 is 1.27 bits per heavy atom. The minimum Gasteiger partial charge on any atom is -0.506 e. The number of hydrogen-bond donors (Lipinski definition) is 4. The molecule has 0 saturated carbocycles. The van der Waals surface area contributed by atoms with Gasteiger partial charge in [-0.05, 0) is 91.5 Å². The van der Waals surface area contributed by atoms with Crippen LogP contribution in [-0.4, -0.2) is 44.8 Å². The molecule has 4 aromatic carbocycles. The monoisotopic (exact) mass is 664 g/mol. The number of carbonyl (C=O) groups is 2. The van der Waals surface area contributed by atoms with E-state index < -0.39 is 24.0 Å². The van der Waals surface area contributed by atoms with Gasteiger partial charge in [-0.15, -0.1) is 0 Å². The van der Waals surface area contributed by atoms with Crippen LogP contribution in [0.1, 0.15) is 55.1 Å². The summed E-state index contributed by atoms with van der Waals surface area (Å²) in [4.78, 5) is 32.5. The third-order valence-electron chi connectivity index (χ3n) is 6.08. The predicted octanol–water partition coefficient (Wildman–Crippen LogP) is 7.04. The van der Waals surface area contributed by atoms with Crippen molar-refractivity contribution in [3.05, 3.63) is 127 Å². The first-order valence-electron chi connectivity index (χ1n) is 11.8. The summed E-state index contributed by atoms with van der Waals surface area (Å²) in [6.07, 6.45) is 3.00. The highest BCUT2D eigenvalue weighted by atomic mass is 79.9. The number of aromatic hydroxyl groups is 2. The van der Waals surface area contributed by atoms with E-state index in [9.17, 15) is 30.0 Å². The minimum absolute atomic E-state index is 0.00357. The molecule has 0 aliphatic rings. The topological polar surface area (TPSA) is 140 Å².